The molecule has 1 rings (SSSR count). The smallest absolute Gasteiger partial charge is 0.217 e. The Morgan fingerprint density at radius 3 is 2.86 bits per heavy atom. The molecule has 14 heavy (non-hydrogen) atoms. The van der Waals surface area contributed by atoms with Gasteiger partial charge < -0.3 is 5.73 Å². The first-order valence-electron chi connectivity index (χ1n) is 4.69. The zero-order valence-electron chi connectivity index (χ0n) is 7.94. The lowest BCUT2D eigenvalue weighted by atomic mass is 9.93. The molecule has 0 saturated carbocycles. The summed E-state index contributed by atoms with van der Waals surface area (Å²) in [6, 6.07) is -0.438. The maximum absolute atomic E-state index is 10.5. The summed E-state index contributed by atoms with van der Waals surface area (Å²) in [4.78, 5) is 20.7. The van der Waals surface area contributed by atoms with Gasteiger partial charge in [0.05, 0.1) is 0 Å². The molecule has 1 aliphatic carbocycles. The van der Waals surface area contributed by atoms with E-state index in [-0.39, 0.29) is 10.8 Å². The minimum atomic E-state index is -0.438. The van der Waals surface area contributed by atoms with Gasteiger partial charge in [-0.25, -0.2) is 0 Å². The van der Waals surface area contributed by atoms with Crippen LogP contribution in [0.4, 0.5) is 0 Å². The molecule has 0 radical (unpaired) electrons. The first-order chi connectivity index (χ1) is 6.59. The van der Waals surface area contributed by atoms with Gasteiger partial charge in [-0.2, -0.15) is 0 Å². The Labute approximate surface area is 82.1 Å². The fraction of sp³-hybridized carbons (Fsp3) is 0.667. The number of hydrogen-bond acceptors (Lipinski definition) is 3. The Hall–Kier alpha value is -1.39. The van der Waals surface area contributed by atoms with Gasteiger partial charge in [0.15, 0.2) is 0 Å². The minimum absolute atomic E-state index is 0.235. The van der Waals surface area contributed by atoms with E-state index < -0.39 is 6.04 Å². The fourth-order valence-electron chi connectivity index (χ4n) is 1.58. The van der Waals surface area contributed by atoms with Crippen LogP contribution in [0.2, 0.25) is 0 Å². The third-order valence-electron chi connectivity index (χ3n) is 2.47. The maximum atomic E-state index is 10.5. The predicted molar refractivity (Wildman–Crippen MR) is 51.1 cm³/mol. The number of amides is 1. The highest BCUT2D eigenvalue weighted by atomic mass is 16.6. The van der Waals surface area contributed by atoms with Gasteiger partial charge in [-0.05, 0) is 12.8 Å². The topological polar surface area (TPSA) is 86.2 Å². The van der Waals surface area contributed by atoms with E-state index in [1.807, 2.05) is 6.08 Å². The molecule has 0 heterocycles. The Balaban J connectivity index is 2.37. The van der Waals surface area contributed by atoms with Gasteiger partial charge in [0.25, 0.3) is 0 Å². The molecule has 2 N–H and O–H groups in total. The first-order valence-corrected chi connectivity index (χ1v) is 4.69. The van der Waals surface area contributed by atoms with Gasteiger partial charge in [-0.1, -0.05) is 11.6 Å². The molecule has 0 aromatic carbocycles. The van der Waals surface area contributed by atoms with Gasteiger partial charge >= 0.3 is 0 Å². The molecule has 0 aromatic rings. The van der Waals surface area contributed by atoms with Crippen LogP contribution in [0.15, 0.2) is 11.6 Å². The highest BCUT2D eigenvalue weighted by molar-refractivity contribution is 5.73. The molecule has 0 aromatic heterocycles. The van der Waals surface area contributed by atoms with Gasteiger partial charge in [0.2, 0.25) is 11.9 Å². The number of primary amides is 1. The lowest BCUT2D eigenvalue weighted by Gasteiger charge is -2.15. The second-order valence-electron chi connectivity index (χ2n) is 3.54. The van der Waals surface area contributed by atoms with E-state index in [4.69, 9.17) is 5.73 Å². The molecule has 0 fully saturated rings. The monoisotopic (exact) mass is 198 g/mol. The normalized spacial score (nSPS) is 21.4. The molecule has 78 valence electrons. The minimum Gasteiger partial charge on any atom is -0.370 e. The number of carbonyl (C=O) groups excluding carboxylic acids is 1. The molecule has 1 aliphatic rings. The average molecular weight is 198 g/mol. The Bertz CT molecular complexity index is 273. The number of hydrogen-bond donors (Lipinski definition) is 1. The zero-order valence-corrected chi connectivity index (χ0v) is 7.94. The molecule has 0 bridgehead atoms. The standard InChI is InChI=1S/C9H14N2O3/c10-9(12)6-3-7-1-4-8(5-2-7)11(13)14/h1,8H,2-6H2,(H2,10,12)/t8-/m1/s1. The molecular weight excluding hydrogens is 184 g/mol. The average Bonchev–Trinajstić information content (AvgIpc) is 2.15. The molecule has 1 amide bonds. The lowest BCUT2D eigenvalue weighted by Crippen LogP contribution is -2.21. The summed E-state index contributed by atoms with van der Waals surface area (Å²) in [6.07, 6.45) is 4.66. The van der Waals surface area contributed by atoms with Gasteiger partial charge in [-0.3, -0.25) is 14.9 Å². The third kappa shape index (κ3) is 3.16. The van der Waals surface area contributed by atoms with E-state index in [1.54, 1.807) is 0 Å². The molecule has 0 aliphatic heterocycles. The first kappa shape index (κ1) is 10.7. The SMILES string of the molecule is NC(=O)CCC1=CC[C@@H]([N+](=O)[O-])CC1. The summed E-state index contributed by atoms with van der Waals surface area (Å²) in [6.45, 7) is 0. The van der Waals surface area contributed by atoms with Crippen LogP contribution in [-0.4, -0.2) is 16.9 Å². The van der Waals surface area contributed by atoms with Crippen molar-refractivity contribution in [3.8, 4) is 0 Å². The second-order valence-corrected chi connectivity index (χ2v) is 3.54. The summed E-state index contributed by atoms with van der Waals surface area (Å²) < 4.78 is 0. The van der Waals surface area contributed by atoms with Crippen molar-refractivity contribution in [1.82, 2.24) is 0 Å². The number of rotatable bonds is 4. The highest BCUT2D eigenvalue weighted by Crippen LogP contribution is 2.23. The predicted octanol–water partition coefficient (Wildman–Crippen LogP) is 1.01. The Kier molecular flexibility index (Phi) is 3.62. The molecule has 5 heteroatoms. The van der Waals surface area contributed by atoms with Crippen molar-refractivity contribution in [2.75, 3.05) is 0 Å². The highest BCUT2D eigenvalue weighted by Gasteiger charge is 2.22. The van der Waals surface area contributed by atoms with E-state index in [0.717, 1.165) is 12.0 Å². The van der Waals surface area contributed by atoms with Crippen molar-refractivity contribution in [1.29, 1.82) is 0 Å². The van der Waals surface area contributed by atoms with Crippen molar-refractivity contribution >= 4 is 5.91 Å². The van der Waals surface area contributed by atoms with Crippen LogP contribution < -0.4 is 5.73 Å². The van der Waals surface area contributed by atoms with Crippen molar-refractivity contribution in [2.45, 2.75) is 38.1 Å². The summed E-state index contributed by atoms with van der Waals surface area (Å²) >= 11 is 0. The number of carbonyl (C=O) groups is 1. The summed E-state index contributed by atoms with van der Waals surface area (Å²) in [7, 11) is 0. The van der Waals surface area contributed by atoms with Crippen molar-refractivity contribution in [3.05, 3.63) is 21.8 Å². The van der Waals surface area contributed by atoms with Crippen LogP contribution >= 0.6 is 0 Å². The van der Waals surface area contributed by atoms with Gasteiger partial charge in [0, 0.05) is 24.2 Å². The largest absolute Gasteiger partial charge is 0.370 e. The number of allylic oxidation sites excluding steroid dienone is 1. The van der Waals surface area contributed by atoms with E-state index in [1.165, 1.54) is 0 Å². The molecule has 0 spiro atoms. The van der Waals surface area contributed by atoms with Crippen LogP contribution in [0.5, 0.6) is 0 Å². The number of nitro groups is 1. The van der Waals surface area contributed by atoms with Crippen LogP contribution in [0.3, 0.4) is 0 Å². The maximum Gasteiger partial charge on any atom is 0.217 e. The third-order valence-corrected chi connectivity index (χ3v) is 2.47. The van der Waals surface area contributed by atoms with Crippen molar-refractivity contribution in [3.63, 3.8) is 0 Å². The molecule has 5 nitrogen and oxygen atoms in total. The number of nitrogens with zero attached hydrogens (tertiary/aromatic N) is 1. The molecule has 1 atom stereocenters. The van der Waals surface area contributed by atoms with E-state index >= 15 is 0 Å². The summed E-state index contributed by atoms with van der Waals surface area (Å²) in [5, 5.41) is 10.4. The quantitative estimate of drug-likeness (QED) is 0.415. The zero-order chi connectivity index (χ0) is 10.6. The Morgan fingerprint density at radius 2 is 2.43 bits per heavy atom. The van der Waals surface area contributed by atoms with Gasteiger partial charge in [0.1, 0.15) is 0 Å². The van der Waals surface area contributed by atoms with Crippen LogP contribution in [0, 0.1) is 10.1 Å². The second kappa shape index (κ2) is 4.74. The van der Waals surface area contributed by atoms with Gasteiger partial charge in [-0.15, -0.1) is 0 Å². The number of nitrogens with two attached hydrogens (primary N) is 1. The van der Waals surface area contributed by atoms with E-state index in [0.29, 0.717) is 25.7 Å². The lowest BCUT2D eigenvalue weighted by molar-refractivity contribution is -0.523. The Morgan fingerprint density at radius 1 is 1.71 bits per heavy atom. The molecular formula is C9H14N2O3. The van der Waals surface area contributed by atoms with Crippen LogP contribution in [-0.2, 0) is 4.79 Å². The van der Waals surface area contributed by atoms with Crippen LogP contribution in [0.1, 0.15) is 32.1 Å². The summed E-state index contributed by atoms with van der Waals surface area (Å²) in [5.41, 5.74) is 6.14. The van der Waals surface area contributed by atoms with Crippen molar-refractivity contribution < 1.29 is 9.72 Å². The summed E-state index contributed by atoms with van der Waals surface area (Å²) in [5.74, 6) is -0.317. The molecule has 0 saturated heterocycles. The fourth-order valence-corrected chi connectivity index (χ4v) is 1.58. The van der Waals surface area contributed by atoms with E-state index in [9.17, 15) is 14.9 Å². The van der Waals surface area contributed by atoms with Crippen LogP contribution in [0.25, 0.3) is 0 Å². The van der Waals surface area contributed by atoms with E-state index in [2.05, 4.69) is 0 Å². The van der Waals surface area contributed by atoms with Crippen molar-refractivity contribution in [2.24, 2.45) is 5.73 Å². The molecule has 0 unspecified atom stereocenters.